The van der Waals surface area contributed by atoms with E-state index in [2.05, 4.69) is 17.6 Å². The largest absolute Gasteiger partial charge is 0.362 e. The van der Waals surface area contributed by atoms with Gasteiger partial charge in [0.2, 0.25) is 0 Å². The van der Waals surface area contributed by atoms with Gasteiger partial charge in [-0.2, -0.15) is 0 Å². The molecule has 0 spiro atoms. The number of nitrogens with one attached hydrogen (secondary N) is 2. The van der Waals surface area contributed by atoms with Crippen LogP contribution < -0.4 is 10.6 Å². The molecule has 2 aliphatic carbocycles. The molecule has 2 nitrogen and oxygen atoms in total. The van der Waals surface area contributed by atoms with Crippen LogP contribution in [0.1, 0.15) is 51.9 Å². The van der Waals surface area contributed by atoms with Crippen LogP contribution in [0.2, 0.25) is 0 Å². The monoisotopic (exact) mass is 226 g/mol. The summed E-state index contributed by atoms with van der Waals surface area (Å²) in [7, 11) is 0. The molecule has 0 saturated heterocycles. The SMILES string of the molecule is CCC1(CNC(=S)NC2CC2)CCCC1. The van der Waals surface area contributed by atoms with Crippen LogP contribution >= 0.6 is 12.2 Å². The smallest absolute Gasteiger partial charge is 0.166 e. The second-order valence-electron chi connectivity index (χ2n) is 5.16. The van der Waals surface area contributed by atoms with E-state index in [9.17, 15) is 0 Å². The van der Waals surface area contributed by atoms with Crippen LogP contribution in [-0.2, 0) is 0 Å². The molecule has 2 aliphatic rings. The summed E-state index contributed by atoms with van der Waals surface area (Å²) in [6.45, 7) is 3.38. The lowest BCUT2D eigenvalue weighted by atomic mass is 9.83. The van der Waals surface area contributed by atoms with Gasteiger partial charge in [0, 0.05) is 12.6 Å². The van der Waals surface area contributed by atoms with Crippen molar-refractivity contribution < 1.29 is 0 Å². The number of rotatable bonds is 4. The Bertz CT molecular complexity index is 230. The van der Waals surface area contributed by atoms with E-state index in [4.69, 9.17) is 12.2 Å². The molecule has 2 fully saturated rings. The molecule has 0 atom stereocenters. The predicted molar refractivity (Wildman–Crippen MR) is 68.0 cm³/mol. The highest BCUT2D eigenvalue weighted by Crippen LogP contribution is 2.40. The molecule has 0 aromatic rings. The lowest BCUT2D eigenvalue weighted by Crippen LogP contribution is -2.42. The summed E-state index contributed by atoms with van der Waals surface area (Å²) in [6, 6.07) is 0.672. The molecule has 2 N–H and O–H groups in total. The summed E-state index contributed by atoms with van der Waals surface area (Å²) in [6.07, 6.45) is 9.43. The van der Waals surface area contributed by atoms with Crippen molar-refractivity contribution in [1.82, 2.24) is 10.6 Å². The van der Waals surface area contributed by atoms with E-state index in [0.29, 0.717) is 11.5 Å². The van der Waals surface area contributed by atoms with E-state index in [0.717, 1.165) is 11.7 Å². The van der Waals surface area contributed by atoms with E-state index >= 15 is 0 Å². The maximum Gasteiger partial charge on any atom is 0.166 e. The molecule has 15 heavy (non-hydrogen) atoms. The molecule has 0 heterocycles. The second-order valence-corrected chi connectivity index (χ2v) is 5.57. The molecule has 0 bridgehead atoms. The normalized spacial score (nSPS) is 23.8. The summed E-state index contributed by atoms with van der Waals surface area (Å²) in [5.41, 5.74) is 0.537. The van der Waals surface area contributed by atoms with E-state index in [1.807, 2.05) is 0 Å². The summed E-state index contributed by atoms with van der Waals surface area (Å²) >= 11 is 5.28. The highest BCUT2D eigenvalue weighted by Gasteiger charge is 2.32. The van der Waals surface area contributed by atoms with Crippen molar-refractivity contribution in [2.45, 2.75) is 57.9 Å². The van der Waals surface area contributed by atoms with Crippen LogP contribution in [-0.4, -0.2) is 17.7 Å². The molecule has 0 amide bonds. The fourth-order valence-electron chi connectivity index (χ4n) is 2.51. The number of hydrogen-bond donors (Lipinski definition) is 2. The topological polar surface area (TPSA) is 24.1 Å². The molecule has 0 aromatic carbocycles. The average Bonchev–Trinajstić information content (AvgIpc) is 2.93. The van der Waals surface area contributed by atoms with Gasteiger partial charge in [0.15, 0.2) is 5.11 Å². The zero-order valence-corrected chi connectivity index (χ0v) is 10.5. The van der Waals surface area contributed by atoms with Crippen molar-refractivity contribution >= 4 is 17.3 Å². The maximum absolute atomic E-state index is 5.28. The van der Waals surface area contributed by atoms with Crippen LogP contribution in [0.4, 0.5) is 0 Å². The van der Waals surface area contributed by atoms with Crippen molar-refractivity contribution in [2.75, 3.05) is 6.54 Å². The Balaban J connectivity index is 1.72. The Hall–Kier alpha value is -0.310. The third-order valence-electron chi connectivity index (χ3n) is 3.95. The highest BCUT2D eigenvalue weighted by atomic mass is 32.1. The van der Waals surface area contributed by atoms with E-state index in [1.165, 1.54) is 44.9 Å². The predicted octanol–water partition coefficient (Wildman–Crippen LogP) is 2.58. The first kappa shape index (κ1) is 11.2. The van der Waals surface area contributed by atoms with E-state index < -0.39 is 0 Å². The fraction of sp³-hybridized carbons (Fsp3) is 0.917. The first-order valence-electron chi connectivity index (χ1n) is 6.28. The summed E-state index contributed by atoms with van der Waals surface area (Å²) in [5.74, 6) is 0. The molecular weight excluding hydrogens is 204 g/mol. The molecule has 86 valence electrons. The standard InChI is InChI=1S/C12H22N2S/c1-2-12(7-3-4-8-12)9-13-11(15)14-10-5-6-10/h10H,2-9H2,1H3,(H2,13,14,15). The van der Waals surface area contributed by atoms with Crippen molar-refractivity contribution in [3.63, 3.8) is 0 Å². The molecule has 0 radical (unpaired) electrons. The molecule has 0 aromatic heterocycles. The van der Waals surface area contributed by atoms with Gasteiger partial charge in [-0.1, -0.05) is 19.8 Å². The van der Waals surface area contributed by atoms with Gasteiger partial charge >= 0.3 is 0 Å². The van der Waals surface area contributed by atoms with Crippen molar-refractivity contribution in [2.24, 2.45) is 5.41 Å². The molecular formula is C12H22N2S. The van der Waals surface area contributed by atoms with Crippen LogP contribution in [0, 0.1) is 5.41 Å². The summed E-state index contributed by atoms with van der Waals surface area (Å²) in [4.78, 5) is 0. The maximum atomic E-state index is 5.28. The Kier molecular flexibility index (Phi) is 3.49. The quantitative estimate of drug-likeness (QED) is 0.721. The van der Waals surface area contributed by atoms with Crippen molar-refractivity contribution in [3.05, 3.63) is 0 Å². The molecule has 0 unspecified atom stereocenters. The van der Waals surface area contributed by atoms with Crippen LogP contribution in [0.25, 0.3) is 0 Å². The molecule has 2 saturated carbocycles. The van der Waals surface area contributed by atoms with Gasteiger partial charge in [-0.05, 0) is 49.7 Å². The highest BCUT2D eigenvalue weighted by molar-refractivity contribution is 7.80. The third-order valence-corrected chi connectivity index (χ3v) is 4.21. The second kappa shape index (κ2) is 4.69. The minimum absolute atomic E-state index is 0.537. The zero-order chi connectivity index (χ0) is 10.7. The summed E-state index contributed by atoms with van der Waals surface area (Å²) in [5, 5.41) is 7.62. The minimum atomic E-state index is 0.537. The van der Waals surface area contributed by atoms with Gasteiger partial charge in [-0.15, -0.1) is 0 Å². The molecule has 0 aliphatic heterocycles. The lowest BCUT2D eigenvalue weighted by Gasteiger charge is -2.28. The Morgan fingerprint density at radius 2 is 2.00 bits per heavy atom. The van der Waals surface area contributed by atoms with Gasteiger partial charge in [0.25, 0.3) is 0 Å². The average molecular weight is 226 g/mol. The minimum Gasteiger partial charge on any atom is -0.362 e. The Morgan fingerprint density at radius 3 is 2.53 bits per heavy atom. The zero-order valence-electron chi connectivity index (χ0n) is 9.64. The number of thiocarbonyl (C=S) groups is 1. The Morgan fingerprint density at radius 1 is 1.33 bits per heavy atom. The Labute approximate surface area is 98.2 Å². The van der Waals surface area contributed by atoms with E-state index in [-0.39, 0.29) is 0 Å². The third kappa shape index (κ3) is 3.07. The van der Waals surface area contributed by atoms with Crippen LogP contribution in [0.15, 0.2) is 0 Å². The van der Waals surface area contributed by atoms with E-state index in [1.54, 1.807) is 0 Å². The molecule has 3 heteroatoms. The van der Waals surface area contributed by atoms with Gasteiger partial charge in [-0.25, -0.2) is 0 Å². The lowest BCUT2D eigenvalue weighted by molar-refractivity contribution is 0.284. The first-order chi connectivity index (χ1) is 7.24. The molecule has 2 rings (SSSR count). The van der Waals surface area contributed by atoms with Gasteiger partial charge < -0.3 is 10.6 Å². The van der Waals surface area contributed by atoms with Crippen LogP contribution in [0.5, 0.6) is 0 Å². The van der Waals surface area contributed by atoms with Gasteiger partial charge in [0.05, 0.1) is 0 Å². The van der Waals surface area contributed by atoms with Crippen molar-refractivity contribution in [1.29, 1.82) is 0 Å². The number of hydrogen-bond acceptors (Lipinski definition) is 1. The first-order valence-corrected chi connectivity index (χ1v) is 6.69. The van der Waals surface area contributed by atoms with Crippen LogP contribution in [0.3, 0.4) is 0 Å². The fourth-order valence-corrected chi connectivity index (χ4v) is 2.75. The van der Waals surface area contributed by atoms with Gasteiger partial charge in [-0.3, -0.25) is 0 Å². The van der Waals surface area contributed by atoms with Crippen molar-refractivity contribution in [3.8, 4) is 0 Å². The van der Waals surface area contributed by atoms with Gasteiger partial charge in [0.1, 0.15) is 0 Å². The summed E-state index contributed by atoms with van der Waals surface area (Å²) < 4.78 is 0.